The molecule has 20 heavy (non-hydrogen) atoms. The molecule has 0 saturated heterocycles. The van der Waals surface area contributed by atoms with Gasteiger partial charge < -0.3 is 0 Å². The van der Waals surface area contributed by atoms with Crippen LogP contribution in [0.3, 0.4) is 0 Å². The molecular formula is C20H24. The monoisotopic (exact) mass is 264 g/mol. The number of benzene rings is 2. The van der Waals surface area contributed by atoms with Crippen LogP contribution in [0.1, 0.15) is 54.2 Å². The van der Waals surface area contributed by atoms with E-state index in [1.807, 2.05) is 0 Å². The Kier molecular flexibility index (Phi) is 3.41. The molecule has 3 rings (SSSR count). The fourth-order valence-corrected chi connectivity index (χ4v) is 4.06. The molecule has 0 heterocycles. The molecule has 0 unspecified atom stereocenters. The normalized spacial score (nSPS) is 12.4. The van der Waals surface area contributed by atoms with E-state index in [2.05, 4.69) is 52.0 Å². The maximum atomic E-state index is 2.34. The lowest BCUT2D eigenvalue weighted by Gasteiger charge is -2.21. The summed E-state index contributed by atoms with van der Waals surface area (Å²) in [5.41, 5.74) is 12.5. The molecule has 0 radical (unpaired) electrons. The highest BCUT2D eigenvalue weighted by Crippen LogP contribution is 2.44. The Balaban J connectivity index is 2.39. The van der Waals surface area contributed by atoms with Crippen LogP contribution >= 0.6 is 0 Å². The molecule has 0 fully saturated rings. The molecule has 0 heteroatoms. The topological polar surface area (TPSA) is 0 Å². The van der Waals surface area contributed by atoms with Gasteiger partial charge in [-0.2, -0.15) is 0 Å². The summed E-state index contributed by atoms with van der Waals surface area (Å²) in [5.74, 6) is 0. The van der Waals surface area contributed by atoms with Crippen LogP contribution in [0, 0.1) is 6.92 Å². The molecule has 1 aliphatic carbocycles. The van der Waals surface area contributed by atoms with Gasteiger partial charge in [0.2, 0.25) is 0 Å². The van der Waals surface area contributed by atoms with Crippen molar-refractivity contribution >= 4 is 0 Å². The quantitative estimate of drug-likeness (QED) is 0.606. The van der Waals surface area contributed by atoms with E-state index in [1.54, 1.807) is 33.4 Å². The molecule has 0 bridgehead atoms. The van der Waals surface area contributed by atoms with Crippen LogP contribution in [0.5, 0.6) is 0 Å². The molecule has 0 amide bonds. The van der Waals surface area contributed by atoms with E-state index in [0.717, 1.165) is 25.7 Å². The van der Waals surface area contributed by atoms with E-state index in [-0.39, 0.29) is 0 Å². The van der Waals surface area contributed by atoms with E-state index < -0.39 is 0 Å². The fourth-order valence-electron chi connectivity index (χ4n) is 4.06. The zero-order chi connectivity index (χ0) is 14.3. The van der Waals surface area contributed by atoms with Crippen molar-refractivity contribution in [3.05, 3.63) is 57.6 Å². The van der Waals surface area contributed by atoms with E-state index >= 15 is 0 Å². The SMILES string of the molecule is CCc1c(C)c2c(c(CC)c1CC)-c1ccccc1C2. The number of rotatable bonds is 3. The third-order valence-electron chi connectivity index (χ3n) is 4.95. The summed E-state index contributed by atoms with van der Waals surface area (Å²) in [5, 5.41) is 0. The highest BCUT2D eigenvalue weighted by Gasteiger charge is 2.26. The molecule has 104 valence electrons. The van der Waals surface area contributed by atoms with Crippen molar-refractivity contribution in [2.75, 3.05) is 0 Å². The van der Waals surface area contributed by atoms with Crippen molar-refractivity contribution < 1.29 is 0 Å². The number of hydrogen-bond acceptors (Lipinski definition) is 0. The fraction of sp³-hybridized carbons (Fsp3) is 0.400. The Bertz CT molecular complexity index is 662. The van der Waals surface area contributed by atoms with Gasteiger partial charge in [-0.05, 0) is 77.1 Å². The Labute approximate surface area is 122 Å². The second-order valence-electron chi connectivity index (χ2n) is 5.81. The van der Waals surface area contributed by atoms with Gasteiger partial charge in [0.1, 0.15) is 0 Å². The average Bonchev–Trinajstić information content (AvgIpc) is 2.87. The maximum Gasteiger partial charge on any atom is -0.00106 e. The molecule has 0 atom stereocenters. The van der Waals surface area contributed by atoms with Gasteiger partial charge >= 0.3 is 0 Å². The van der Waals surface area contributed by atoms with Crippen molar-refractivity contribution in [1.29, 1.82) is 0 Å². The molecular weight excluding hydrogens is 240 g/mol. The molecule has 2 aromatic rings. The summed E-state index contributed by atoms with van der Waals surface area (Å²) in [6.07, 6.45) is 4.59. The zero-order valence-electron chi connectivity index (χ0n) is 13.1. The first kappa shape index (κ1) is 13.4. The van der Waals surface area contributed by atoms with E-state index in [9.17, 15) is 0 Å². The summed E-state index contributed by atoms with van der Waals surface area (Å²) in [6, 6.07) is 8.96. The third kappa shape index (κ3) is 1.74. The van der Waals surface area contributed by atoms with Crippen LogP contribution in [0.2, 0.25) is 0 Å². The van der Waals surface area contributed by atoms with Crippen molar-refractivity contribution in [3.63, 3.8) is 0 Å². The van der Waals surface area contributed by atoms with Crippen LogP contribution in [0.25, 0.3) is 11.1 Å². The van der Waals surface area contributed by atoms with Crippen LogP contribution in [0.4, 0.5) is 0 Å². The van der Waals surface area contributed by atoms with Crippen LogP contribution in [-0.4, -0.2) is 0 Å². The molecule has 2 aromatic carbocycles. The lowest BCUT2D eigenvalue weighted by molar-refractivity contribution is 0.960. The molecule has 0 aliphatic heterocycles. The second kappa shape index (κ2) is 5.09. The van der Waals surface area contributed by atoms with Crippen molar-refractivity contribution in [3.8, 4) is 11.1 Å². The van der Waals surface area contributed by atoms with Gasteiger partial charge in [-0.25, -0.2) is 0 Å². The molecule has 0 spiro atoms. The van der Waals surface area contributed by atoms with Crippen molar-refractivity contribution in [2.45, 2.75) is 53.4 Å². The average molecular weight is 264 g/mol. The highest BCUT2D eigenvalue weighted by atomic mass is 14.3. The van der Waals surface area contributed by atoms with Crippen LogP contribution in [0.15, 0.2) is 24.3 Å². The van der Waals surface area contributed by atoms with Gasteiger partial charge in [-0.15, -0.1) is 0 Å². The summed E-state index contributed by atoms with van der Waals surface area (Å²) < 4.78 is 0. The molecule has 1 aliphatic rings. The first-order valence-electron chi connectivity index (χ1n) is 7.97. The smallest absolute Gasteiger partial charge is 0.00106 e. The lowest BCUT2D eigenvalue weighted by atomic mass is 9.84. The molecule has 0 aromatic heterocycles. The van der Waals surface area contributed by atoms with Crippen molar-refractivity contribution in [2.24, 2.45) is 0 Å². The summed E-state index contributed by atoms with van der Waals surface area (Å²) >= 11 is 0. The Hall–Kier alpha value is -1.56. The first-order chi connectivity index (χ1) is 9.72. The Morgan fingerprint density at radius 2 is 1.50 bits per heavy atom. The van der Waals surface area contributed by atoms with Gasteiger partial charge in [0.05, 0.1) is 0 Å². The molecule has 0 nitrogen and oxygen atoms in total. The summed E-state index contributed by atoms with van der Waals surface area (Å²) in [4.78, 5) is 0. The minimum atomic E-state index is 1.13. The maximum absolute atomic E-state index is 2.34. The van der Waals surface area contributed by atoms with E-state index in [1.165, 1.54) is 11.1 Å². The number of hydrogen-bond donors (Lipinski definition) is 0. The second-order valence-corrected chi connectivity index (χ2v) is 5.81. The molecule has 0 N–H and O–H groups in total. The predicted octanol–water partition coefficient (Wildman–Crippen LogP) is 5.25. The Morgan fingerprint density at radius 3 is 2.15 bits per heavy atom. The predicted molar refractivity (Wildman–Crippen MR) is 87.6 cm³/mol. The summed E-state index contributed by atoms with van der Waals surface area (Å²) in [7, 11) is 0. The lowest BCUT2D eigenvalue weighted by Crippen LogP contribution is -2.05. The van der Waals surface area contributed by atoms with E-state index in [0.29, 0.717) is 0 Å². The van der Waals surface area contributed by atoms with Crippen molar-refractivity contribution in [1.82, 2.24) is 0 Å². The highest BCUT2D eigenvalue weighted by molar-refractivity contribution is 5.82. The zero-order valence-corrected chi connectivity index (χ0v) is 13.1. The van der Waals surface area contributed by atoms with Crippen LogP contribution < -0.4 is 0 Å². The minimum absolute atomic E-state index is 1.13. The minimum Gasteiger partial charge on any atom is -0.0619 e. The van der Waals surface area contributed by atoms with Gasteiger partial charge in [-0.1, -0.05) is 45.0 Å². The van der Waals surface area contributed by atoms with Gasteiger partial charge in [0.25, 0.3) is 0 Å². The van der Waals surface area contributed by atoms with Gasteiger partial charge in [-0.3, -0.25) is 0 Å². The standard InChI is InChI=1S/C20H24/c1-5-15-13(4)19-12-14-10-8-9-11-18(14)20(19)17(7-3)16(15)6-2/h8-11H,5-7,12H2,1-4H3. The molecule has 0 saturated carbocycles. The van der Waals surface area contributed by atoms with Crippen LogP contribution in [-0.2, 0) is 25.7 Å². The first-order valence-corrected chi connectivity index (χ1v) is 7.97. The largest absolute Gasteiger partial charge is 0.0619 e. The number of fused-ring (bicyclic) bond motifs is 3. The van der Waals surface area contributed by atoms with E-state index in [4.69, 9.17) is 0 Å². The third-order valence-corrected chi connectivity index (χ3v) is 4.95. The van der Waals surface area contributed by atoms with Gasteiger partial charge in [0.15, 0.2) is 0 Å². The summed E-state index contributed by atoms with van der Waals surface area (Å²) in [6.45, 7) is 9.25. The Morgan fingerprint density at radius 1 is 0.850 bits per heavy atom. The van der Waals surface area contributed by atoms with Gasteiger partial charge in [0, 0.05) is 0 Å².